The number of aryl methyl sites for hydroxylation is 1. The Balaban J connectivity index is 2.61. The summed E-state index contributed by atoms with van der Waals surface area (Å²) in [5, 5.41) is 12.5. The maximum atomic E-state index is 13.1. The highest BCUT2D eigenvalue weighted by molar-refractivity contribution is 5.18. The summed E-state index contributed by atoms with van der Waals surface area (Å²) >= 11 is 0. The first-order valence-electron chi connectivity index (χ1n) is 4.14. The second kappa shape index (κ2) is 3.56. The quantitative estimate of drug-likeness (QED) is 0.714. The van der Waals surface area contributed by atoms with E-state index in [9.17, 15) is 4.39 Å². The van der Waals surface area contributed by atoms with Crippen LogP contribution in [0.1, 0.15) is 26.0 Å². The van der Waals surface area contributed by atoms with Gasteiger partial charge < -0.3 is 0 Å². The normalized spacial score (nSPS) is 11.2. The first-order valence-corrected chi connectivity index (χ1v) is 4.14. The van der Waals surface area contributed by atoms with Gasteiger partial charge in [0.05, 0.1) is 6.20 Å². The third kappa shape index (κ3) is 2.86. The monoisotopic (exact) mass is 181 g/mol. The maximum absolute atomic E-state index is 13.1. The van der Waals surface area contributed by atoms with E-state index < -0.39 is 5.67 Å². The maximum Gasteiger partial charge on any atom is 0.138 e. The lowest BCUT2D eigenvalue weighted by atomic mass is 10.1. The van der Waals surface area contributed by atoms with E-state index in [4.69, 9.17) is 5.26 Å². The molecule has 0 bridgehead atoms. The van der Waals surface area contributed by atoms with Gasteiger partial charge in [0.1, 0.15) is 17.4 Å². The van der Waals surface area contributed by atoms with Crippen molar-refractivity contribution in [2.75, 3.05) is 0 Å². The van der Waals surface area contributed by atoms with E-state index in [1.807, 2.05) is 6.07 Å². The molecule has 0 spiro atoms. The molecule has 0 radical (unpaired) electrons. The zero-order chi connectivity index (χ0) is 9.90. The van der Waals surface area contributed by atoms with Crippen LogP contribution in [-0.4, -0.2) is 15.4 Å². The number of aromatic nitrogens is 2. The van der Waals surface area contributed by atoms with Crippen LogP contribution in [-0.2, 0) is 6.54 Å². The molecule has 0 N–H and O–H groups in total. The first kappa shape index (κ1) is 9.72. The van der Waals surface area contributed by atoms with E-state index in [1.165, 1.54) is 18.5 Å². The number of alkyl halides is 1. The number of hydrogen-bond donors (Lipinski definition) is 0. The summed E-state index contributed by atoms with van der Waals surface area (Å²) in [5.74, 6) is 0. The zero-order valence-electron chi connectivity index (χ0n) is 7.79. The largest absolute Gasteiger partial charge is 0.255 e. The summed E-state index contributed by atoms with van der Waals surface area (Å²) in [5.41, 5.74) is -0.733. The average Bonchev–Trinajstić information content (AvgIpc) is 2.46. The lowest BCUT2D eigenvalue weighted by molar-refractivity contribution is 0.189. The van der Waals surface area contributed by atoms with Gasteiger partial charge in [0.25, 0.3) is 0 Å². The molecule has 0 saturated heterocycles. The van der Waals surface area contributed by atoms with Crippen LogP contribution in [0.5, 0.6) is 0 Å². The van der Waals surface area contributed by atoms with Crippen molar-refractivity contribution in [2.24, 2.45) is 0 Å². The molecule has 0 saturated carbocycles. The molecule has 0 fully saturated rings. The van der Waals surface area contributed by atoms with Crippen LogP contribution in [0.3, 0.4) is 0 Å². The van der Waals surface area contributed by atoms with Crippen molar-refractivity contribution in [3.63, 3.8) is 0 Å². The van der Waals surface area contributed by atoms with Crippen molar-refractivity contribution < 1.29 is 4.39 Å². The van der Waals surface area contributed by atoms with Crippen LogP contribution in [0, 0.1) is 11.3 Å². The third-order valence-electron chi connectivity index (χ3n) is 1.75. The van der Waals surface area contributed by atoms with E-state index in [0.29, 0.717) is 18.7 Å². The molecule has 1 rings (SSSR count). The van der Waals surface area contributed by atoms with E-state index in [-0.39, 0.29) is 0 Å². The van der Waals surface area contributed by atoms with Gasteiger partial charge in [0, 0.05) is 13.0 Å². The van der Waals surface area contributed by atoms with E-state index in [0.717, 1.165) is 0 Å². The second-order valence-electron chi connectivity index (χ2n) is 3.52. The van der Waals surface area contributed by atoms with Crippen LogP contribution in [0.15, 0.2) is 12.3 Å². The highest BCUT2D eigenvalue weighted by Gasteiger charge is 2.15. The van der Waals surface area contributed by atoms with Gasteiger partial charge >= 0.3 is 0 Å². The molecule has 0 atom stereocenters. The number of nitriles is 1. The molecule has 0 aromatic carbocycles. The summed E-state index contributed by atoms with van der Waals surface area (Å²) in [6, 6.07) is 3.61. The van der Waals surface area contributed by atoms with Crippen molar-refractivity contribution in [2.45, 2.75) is 32.5 Å². The van der Waals surface area contributed by atoms with Crippen molar-refractivity contribution >= 4 is 0 Å². The SMILES string of the molecule is CC(C)(F)CCn1nccc1C#N. The van der Waals surface area contributed by atoms with Crippen LogP contribution in [0.4, 0.5) is 4.39 Å². The van der Waals surface area contributed by atoms with Crippen LogP contribution < -0.4 is 0 Å². The predicted octanol–water partition coefficient (Wildman–Crippen LogP) is 1.89. The average molecular weight is 181 g/mol. The number of nitrogens with zero attached hydrogens (tertiary/aromatic N) is 3. The highest BCUT2D eigenvalue weighted by atomic mass is 19.1. The smallest absolute Gasteiger partial charge is 0.138 e. The van der Waals surface area contributed by atoms with Gasteiger partial charge in [0.15, 0.2) is 0 Å². The van der Waals surface area contributed by atoms with Gasteiger partial charge in [-0.05, 0) is 19.9 Å². The molecule has 4 heteroatoms. The molecule has 1 aromatic heterocycles. The minimum atomic E-state index is -1.21. The molecule has 1 aromatic rings. The summed E-state index contributed by atoms with van der Waals surface area (Å²) in [7, 11) is 0. The minimum absolute atomic E-state index is 0.364. The Kier molecular flexibility index (Phi) is 2.66. The van der Waals surface area contributed by atoms with Crippen LogP contribution in [0.25, 0.3) is 0 Å². The van der Waals surface area contributed by atoms with Gasteiger partial charge in [0.2, 0.25) is 0 Å². The molecule has 0 aliphatic rings. The van der Waals surface area contributed by atoms with Gasteiger partial charge in [-0.15, -0.1) is 0 Å². The Morgan fingerprint density at radius 3 is 2.92 bits per heavy atom. The lowest BCUT2D eigenvalue weighted by Crippen LogP contribution is -2.16. The van der Waals surface area contributed by atoms with Crippen molar-refractivity contribution in [3.05, 3.63) is 18.0 Å². The summed E-state index contributed by atoms with van der Waals surface area (Å²) in [6.07, 6.45) is 1.91. The number of halogens is 1. The number of rotatable bonds is 3. The van der Waals surface area contributed by atoms with E-state index in [2.05, 4.69) is 5.10 Å². The van der Waals surface area contributed by atoms with Crippen LogP contribution >= 0.6 is 0 Å². The molecular weight excluding hydrogens is 169 g/mol. The summed E-state index contributed by atoms with van der Waals surface area (Å²) in [6.45, 7) is 3.48. The summed E-state index contributed by atoms with van der Waals surface area (Å²) < 4.78 is 14.6. The Hall–Kier alpha value is -1.37. The molecule has 13 heavy (non-hydrogen) atoms. The van der Waals surface area contributed by atoms with Crippen LogP contribution in [0.2, 0.25) is 0 Å². The lowest BCUT2D eigenvalue weighted by Gasteiger charge is -2.13. The Morgan fingerprint density at radius 2 is 2.38 bits per heavy atom. The van der Waals surface area contributed by atoms with Gasteiger partial charge in [-0.2, -0.15) is 10.4 Å². The molecule has 0 unspecified atom stereocenters. The third-order valence-corrected chi connectivity index (χ3v) is 1.75. The van der Waals surface area contributed by atoms with Gasteiger partial charge in [-0.1, -0.05) is 0 Å². The Bertz CT molecular complexity index is 316. The molecule has 1 heterocycles. The van der Waals surface area contributed by atoms with E-state index in [1.54, 1.807) is 12.3 Å². The van der Waals surface area contributed by atoms with Crippen molar-refractivity contribution in [1.82, 2.24) is 9.78 Å². The summed E-state index contributed by atoms with van der Waals surface area (Å²) in [4.78, 5) is 0. The molecule has 0 aliphatic carbocycles. The predicted molar refractivity (Wildman–Crippen MR) is 46.7 cm³/mol. The molecular formula is C9H12FN3. The molecule has 70 valence electrons. The fourth-order valence-corrected chi connectivity index (χ4v) is 0.978. The fraction of sp³-hybridized carbons (Fsp3) is 0.556. The van der Waals surface area contributed by atoms with Crippen molar-refractivity contribution in [1.29, 1.82) is 5.26 Å². The number of hydrogen-bond acceptors (Lipinski definition) is 2. The van der Waals surface area contributed by atoms with Gasteiger partial charge in [-0.3, -0.25) is 4.68 Å². The highest BCUT2D eigenvalue weighted by Crippen LogP contribution is 2.14. The Morgan fingerprint density at radius 1 is 1.69 bits per heavy atom. The Labute approximate surface area is 76.8 Å². The minimum Gasteiger partial charge on any atom is -0.255 e. The van der Waals surface area contributed by atoms with E-state index >= 15 is 0 Å². The molecule has 0 amide bonds. The standard InChI is InChI=1S/C9H12FN3/c1-9(2,10)4-6-13-8(7-11)3-5-12-13/h3,5H,4,6H2,1-2H3. The topological polar surface area (TPSA) is 41.6 Å². The fourth-order valence-electron chi connectivity index (χ4n) is 0.978. The first-order chi connectivity index (χ1) is 6.03. The second-order valence-corrected chi connectivity index (χ2v) is 3.52. The van der Waals surface area contributed by atoms with Crippen molar-refractivity contribution in [3.8, 4) is 6.07 Å². The zero-order valence-corrected chi connectivity index (χ0v) is 7.79. The van der Waals surface area contributed by atoms with Gasteiger partial charge in [-0.25, -0.2) is 4.39 Å². The molecule has 0 aliphatic heterocycles. The molecule has 3 nitrogen and oxygen atoms in total.